The molecule has 0 amide bonds. The second kappa shape index (κ2) is 9.86. The fourth-order valence-electron chi connectivity index (χ4n) is 3.00. The molecule has 3 aromatic carbocycles. The molecule has 3 rings (SSSR count). The Morgan fingerprint density at radius 3 is 1.54 bits per heavy atom. The number of sulfonamides is 2. The van der Waals surface area contributed by atoms with E-state index >= 15 is 4.39 Å². The summed E-state index contributed by atoms with van der Waals surface area (Å²) in [4.78, 5) is 30.1. The van der Waals surface area contributed by atoms with Crippen molar-refractivity contribution in [2.75, 3.05) is 10.8 Å². The molecule has 13 nitrogen and oxygen atoms in total. The van der Waals surface area contributed by atoms with Gasteiger partial charge in [-0.15, -0.1) is 0 Å². The zero-order chi connectivity index (χ0) is 27.7. The second-order valence-corrected chi connectivity index (χ2v) is 10.8. The van der Waals surface area contributed by atoms with Gasteiger partial charge in [-0.25, -0.2) is 30.4 Å². The smallest absolute Gasteiger partial charge is 0.340 e. The molecule has 0 aromatic heterocycles. The van der Waals surface area contributed by atoms with Gasteiger partial charge in [0.05, 0.1) is 32.3 Å². The number of nitro groups is 2. The first-order chi connectivity index (χ1) is 17.2. The molecule has 0 spiro atoms. The summed E-state index contributed by atoms with van der Waals surface area (Å²) in [5, 5.41) is 21.8. The molecular weight excluding hydrogens is 544 g/mol. The summed E-state index contributed by atoms with van der Waals surface area (Å²) in [5.74, 6) is -4.55. The number of ether oxygens (including phenoxy) is 1. The molecule has 0 fully saturated rings. The fourth-order valence-corrected chi connectivity index (χ4v) is 6.69. The SMILES string of the molecule is COC(=O)c1cc(F)c(N(S(=O)(=O)c2ccc([N+](=O)[O-])cc2)S(=O)(=O)c2ccc([N+](=O)[O-])cc2)cc1F. The van der Waals surface area contributed by atoms with Gasteiger partial charge in [-0.05, 0) is 30.3 Å². The van der Waals surface area contributed by atoms with E-state index in [4.69, 9.17) is 0 Å². The average Bonchev–Trinajstić information content (AvgIpc) is 2.85. The topological polar surface area (TPSA) is 184 Å². The molecule has 0 aliphatic carbocycles. The lowest BCUT2D eigenvalue weighted by Gasteiger charge is -2.24. The van der Waals surface area contributed by atoms with Crippen LogP contribution >= 0.6 is 0 Å². The van der Waals surface area contributed by atoms with Crippen molar-refractivity contribution >= 4 is 43.1 Å². The zero-order valence-corrected chi connectivity index (χ0v) is 19.9. The number of nitro benzene ring substituents is 2. The second-order valence-electron chi connectivity index (χ2n) is 6.98. The predicted molar refractivity (Wildman–Crippen MR) is 121 cm³/mol. The van der Waals surface area contributed by atoms with Crippen LogP contribution in [0.4, 0.5) is 25.8 Å². The number of hydrogen-bond acceptors (Lipinski definition) is 10. The largest absolute Gasteiger partial charge is 0.465 e. The number of benzene rings is 3. The molecule has 37 heavy (non-hydrogen) atoms. The van der Waals surface area contributed by atoms with Crippen LogP contribution in [0.5, 0.6) is 0 Å². The van der Waals surface area contributed by atoms with Gasteiger partial charge in [0.15, 0.2) is 0 Å². The van der Waals surface area contributed by atoms with Crippen molar-refractivity contribution in [2.24, 2.45) is 0 Å². The molecule has 0 heterocycles. The summed E-state index contributed by atoms with van der Waals surface area (Å²) < 4.78 is 87.3. The minimum absolute atomic E-state index is 0.132. The Morgan fingerprint density at radius 2 is 1.19 bits per heavy atom. The standard InChI is InChI=1S/C20H13F2N3O10S2/c1-35-20(26)16-10-18(22)19(11-17(16)21)25(36(31,32)14-6-2-12(3-7-14)23(27)28)37(33,34)15-8-4-13(5-9-15)24(29)30/h2-11H,1H3. The molecule has 0 saturated heterocycles. The molecule has 3 aromatic rings. The highest BCUT2D eigenvalue weighted by Gasteiger charge is 2.40. The summed E-state index contributed by atoms with van der Waals surface area (Å²) in [5.41, 5.74) is -3.45. The number of esters is 1. The zero-order valence-electron chi connectivity index (χ0n) is 18.3. The lowest BCUT2D eigenvalue weighted by molar-refractivity contribution is -0.385. The number of rotatable bonds is 8. The van der Waals surface area contributed by atoms with Crippen LogP contribution < -0.4 is 3.71 Å². The Hall–Kier alpha value is -4.51. The van der Waals surface area contributed by atoms with Gasteiger partial charge in [0.2, 0.25) is 0 Å². The molecule has 0 radical (unpaired) electrons. The van der Waals surface area contributed by atoms with E-state index < -0.39 is 83.6 Å². The van der Waals surface area contributed by atoms with Gasteiger partial charge < -0.3 is 4.74 Å². The van der Waals surface area contributed by atoms with Crippen LogP contribution in [-0.2, 0) is 24.8 Å². The molecule has 0 N–H and O–H groups in total. The van der Waals surface area contributed by atoms with Gasteiger partial charge >= 0.3 is 5.97 Å². The molecule has 0 unspecified atom stereocenters. The Kier molecular flexibility index (Phi) is 7.22. The number of carbonyl (C=O) groups excluding carboxylic acids is 1. The van der Waals surface area contributed by atoms with E-state index in [1.54, 1.807) is 0 Å². The monoisotopic (exact) mass is 557 g/mol. The van der Waals surface area contributed by atoms with E-state index in [0.717, 1.165) is 31.4 Å². The molecule has 0 saturated carbocycles. The average molecular weight is 557 g/mol. The van der Waals surface area contributed by atoms with Crippen LogP contribution in [0.2, 0.25) is 0 Å². The lowest BCUT2D eigenvalue weighted by atomic mass is 10.2. The van der Waals surface area contributed by atoms with Crippen LogP contribution in [-0.4, -0.2) is 39.8 Å². The maximum absolute atomic E-state index is 15.1. The van der Waals surface area contributed by atoms with Gasteiger partial charge in [-0.1, -0.05) is 0 Å². The van der Waals surface area contributed by atoms with E-state index in [1.807, 2.05) is 0 Å². The molecule has 17 heteroatoms. The molecule has 0 aliphatic rings. The third kappa shape index (κ3) is 5.07. The normalized spacial score (nSPS) is 11.5. The molecule has 194 valence electrons. The van der Waals surface area contributed by atoms with E-state index in [2.05, 4.69) is 4.74 Å². The molecule has 0 aliphatic heterocycles. The van der Waals surface area contributed by atoms with Crippen molar-refractivity contribution in [1.29, 1.82) is 0 Å². The minimum atomic E-state index is -5.34. The van der Waals surface area contributed by atoms with E-state index in [1.165, 1.54) is 0 Å². The Labute approximate surface area is 206 Å². The van der Waals surface area contributed by atoms with E-state index in [-0.39, 0.29) is 12.1 Å². The van der Waals surface area contributed by atoms with Crippen molar-refractivity contribution < 1.29 is 45.0 Å². The number of halogens is 2. The maximum atomic E-state index is 15.1. The number of methoxy groups -OCH3 is 1. The van der Waals surface area contributed by atoms with Crippen molar-refractivity contribution in [1.82, 2.24) is 0 Å². The highest BCUT2D eigenvalue weighted by molar-refractivity contribution is 8.10. The quantitative estimate of drug-likeness (QED) is 0.226. The van der Waals surface area contributed by atoms with Crippen molar-refractivity contribution in [2.45, 2.75) is 9.79 Å². The Morgan fingerprint density at radius 1 is 0.784 bits per heavy atom. The first kappa shape index (κ1) is 27.1. The minimum Gasteiger partial charge on any atom is -0.465 e. The molecular formula is C20H13F2N3O10S2. The number of anilines is 1. The van der Waals surface area contributed by atoms with Crippen LogP contribution in [0, 0.1) is 31.9 Å². The molecule has 0 atom stereocenters. The predicted octanol–water partition coefficient (Wildman–Crippen LogP) is 3.15. The summed E-state index contributed by atoms with van der Waals surface area (Å²) in [6, 6.07) is 5.98. The van der Waals surface area contributed by atoms with Crippen molar-refractivity contribution in [3.63, 3.8) is 0 Å². The maximum Gasteiger partial charge on any atom is 0.340 e. The third-order valence-electron chi connectivity index (χ3n) is 4.77. The van der Waals surface area contributed by atoms with Crippen LogP contribution in [0.25, 0.3) is 0 Å². The van der Waals surface area contributed by atoms with Gasteiger partial charge in [0, 0.05) is 30.3 Å². The lowest BCUT2D eigenvalue weighted by Crippen LogP contribution is -2.38. The summed E-state index contributed by atoms with van der Waals surface area (Å²) in [7, 11) is -9.82. The fraction of sp³-hybridized carbons (Fsp3) is 0.0500. The first-order valence-electron chi connectivity index (χ1n) is 9.58. The van der Waals surface area contributed by atoms with Gasteiger partial charge in [-0.3, -0.25) is 20.2 Å². The number of nitrogens with zero attached hydrogens (tertiary/aromatic N) is 3. The third-order valence-corrected chi connectivity index (χ3v) is 8.95. The highest BCUT2D eigenvalue weighted by atomic mass is 32.3. The summed E-state index contributed by atoms with van der Waals surface area (Å²) in [6.07, 6.45) is 0. The van der Waals surface area contributed by atoms with Gasteiger partial charge in [0.25, 0.3) is 31.4 Å². The van der Waals surface area contributed by atoms with Crippen LogP contribution in [0.15, 0.2) is 70.5 Å². The van der Waals surface area contributed by atoms with Crippen LogP contribution in [0.3, 0.4) is 0 Å². The Bertz CT molecular complexity index is 1540. The van der Waals surface area contributed by atoms with E-state index in [0.29, 0.717) is 24.3 Å². The summed E-state index contributed by atoms with van der Waals surface area (Å²) >= 11 is 0. The number of carbonyl (C=O) groups is 1. The number of non-ortho nitro benzene ring substituents is 2. The first-order valence-corrected chi connectivity index (χ1v) is 12.5. The highest BCUT2D eigenvalue weighted by Crippen LogP contribution is 2.35. The van der Waals surface area contributed by atoms with Crippen molar-refractivity contribution in [3.8, 4) is 0 Å². The van der Waals surface area contributed by atoms with Crippen molar-refractivity contribution in [3.05, 3.63) is 98.1 Å². The van der Waals surface area contributed by atoms with Crippen LogP contribution in [0.1, 0.15) is 10.4 Å². The Balaban J connectivity index is 2.31. The van der Waals surface area contributed by atoms with E-state index in [9.17, 15) is 46.2 Å². The summed E-state index contributed by atoms with van der Waals surface area (Å²) in [6.45, 7) is 0. The van der Waals surface area contributed by atoms with Gasteiger partial charge in [-0.2, -0.15) is 3.71 Å². The molecule has 0 bridgehead atoms. The number of hydrogen-bond donors (Lipinski definition) is 0. The van der Waals surface area contributed by atoms with Gasteiger partial charge in [0.1, 0.15) is 17.3 Å².